The molecule has 2 aliphatic rings. The fraction of sp³-hybridized carbons (Fsp3) is 1.00. The van der Waals surface area contributed by atoms with E-state index in [0.717, 1.165) is 19.0 Å². The van der Waals surface area contributed by atoms with Crippen molar-refractivity contribution in [3.05, 3.63) is 0 Å². The minimum atomic E-state index is 0.896. The third-order valence-corrected chi connectivity index (χ3v) is 2.80. The van der Waals surface area contributed by atoms with Gasteiger partial charge in [0.15, 0.2) is 0 Å². The molecule has 63 valence electrons. The van der Waals surface area contributed by atoms with E-state index in [-0.39, 0.29) is 0 Å². The van der Waals surface area contributed by atoms with Crippen molar-refractivity contribution in [3.63, 3.8) is 0 Å². The maximum atomic E-state index is 4.38. The van der Waals surface area contributed by atoms with E-state index in [1.54, 1.807) is 0 Å². The summed E-state index contributed by atoms with van der Waals surface area (Å²) in [5.41, 5.74) is 0. The molecule has 0 N–H and O–H groups in total. The summed E-state index contributed by atoms with van der Waals surface area (Å²) < 4.78 is 0. The average molecular weight is 153 g/mol. The predicted octanol–water partition coefficient (Wildman–Crippen LogP) is 0.707. The first-order valence-electron chi connectivity index (χ1n) is 4.81. The molecule has 0 aromatic carbocycles. The van der Waals surface area contributed by atoms with Crippen molar-refractivity contribution in [1.82, 2.24) is 10.2 Å². The Bertz CT molecular complexity index is 98.7. The van der Waals surface area contributed by atoms with Crippen LogP contribution >= 0.6 is 0 Å². The Morgan fingerprint density at radius 2 is 2.09 bits per heavy atom. The van der Waals surface area contributed by atoms with E-state index in [1.165, 1.54) is 38.9 Å². The molecule has 0 aromatic rings. The zero-order valence-corrected chi connectivity index (χ0v) is 7.13. The van der Waals surface area contributed by atoms with Gasteiger partial charge in [-0.1, -0.05) is 0 Å². The highest BCUT2D eigenvalue weighted by Gasteiger charge is 2.20. The summed E-state index contributed by atoms with van der Waals surface area (Å²) in [5.74, 6) is 0.896. The summed E-state index contributed by atoms with van der Waals surface area (Å²) >= 11 is 0. The Balaban J connectivity index is 1.71. The largest absolute Gasteiger partial charge is 0.303 e. The van der Waals surface area contributed by atoms with E-state index in [1.807, 2.05) is 0 Å². The SMILES string of the molecule is C1CCN(C[C@@H]2CC[N]C2)C1. The molecule has 11 heavy (non-hydrogen) atoms. The highest BCUT2D eigenvalue weighted by Crippen LogP contribution is 2.14. The summed E-state index contributed by atoms with van der Waals surface area (Å²) in [5, 5.41) is 4.38. The lowest BCUT2D eigenvalue weighted by molar-refractivity contribution is 0.287. The molecule has 2 nitrogen and oxygen atoms in total. The van der Waals surface area contributed by atoms with Gasteiger partial charge >= 0.3 is 0 Å². The lowest BCUT2D eigenvalue weighted by Crippen LogP contribution is -2.27. The van der Waals surface area contributed by atoms with Crippen LogP contribution in [-0.2, 0) is 0 Å². The summed E-state index contributed by atoms with van der Waals surface area (Å²) in [6, 6.07) is 0. The standard InChI is InChI=1S/C9H17N2/c1-2-6-11(5-1)8-9-3-4-10-7-9/h9H,1-8H2/t9-/m1/s1. The van der Waals surface area contributed by atoms with Crippen molar-refractivity contribution < 1.29 is 0 Å². The van der Waals surface area contributed by atoms with Crippen LogP contribution in [0.1, 0.15) is 19.3 Å². The molecule has 0 unspecified atom stereocenters. The van der Waals surface area contributed by atoms with Gasteiger partial charge in [-0.3, -0.25) is 0 Å². The maximum absolute atomic E-state index is 4.38. The molecule has 2 fully saturated rings. The average Bonchev–Trinajstić information content (AvgIpc) is 2.60. The van der Waals surface area contributed by atoms with Crippen LogP contribution in [0.4, 0.5) is 0 Å². The number of hydrogen-bond acceptors (Lipinski definition) is 1. The van der Waals surface area contributed by atoms with Gasteiger partial charge in [0, 0.05) is 19.6 Å². The first-order valence-corrected chi connectivity index (χ1v) is 4.81. The van der Waals surface area contributed by atoms with Crippen LogP contribution in [0.15, 0.2) is 0 Å². The van der Waals surface area contributed by atoms with E-state index in [0.29, 0.717) is 0 Å². The quantitative estimate of drug-likeness (QED) is 0.571. The van der Waals surface area contributed by atoms with Gasteiger partial charge in [0.1, 0.15) is 0 Å². The fourth-order valence-corrected chi connectivity index (χ4v) is 2.12. The second-order valence-electron chi connectivity index (χ2n) is 3.79. The minimum Gasteiger partial charge on any atom is -0.303 e. The van der Waals surface area contributed by atoms with E-state index in [2.05, 4.69) is 10.2 Å². The van der Waals surface area contributed by atoms with Crippen molar-refractivity contribution >= 4 is 0 Å². The molecule has 2 heteroatoms. The van der Waals surface area contributed by atoms with Crippen molar-refractivity contribution in [3.8, 4) is 0 Å². The van der Waals surface area contributed by atoms with Crippen LogP contribution < -0.4 is 5.32 Å². The lowest BCUT2D eigenvalue weighted by atomic mass is 10.1. The number of hydrogen-bond donors (Lipinski definition) is 0. The van der Waals surface area contributed by atoms with Crippen LogP contribution in [0.3, 0.4) is 0 Å². The first-order chi connectivity index (χ1) is 5.45. The van der Waals surface area contributed by atoms with Crippen LogP contribution in [0.5, 0.6) is 0 Å². The summed E-state index contributed by atoms with van der Waals surface area (Å²) in [4.78, 5) is 2.60. The fourth-order valence-electron chi connectivity index (χ4n) is 2.12. The molecule has 0 aliphatic carbocycles. The lowest BCUT2D eigenvalue weighted by Gasteiger charge is -2.18. The Morgan fingerprint density at radius 1 is 1.27 bits per heavy atom. The van der Waals surface area contributed by atoms with Crippen LogP contribution in [0.2, 0.25) is 0 Å². The second-order valence-corrected chi connectivity index (χ2v) is 3.79. The van der Waals surface area contributed by atoms with Gasteiger partial charge in [0.05, 0.1) is 0 Å². The van der Waals surface area contributed by atoms with Crippen LogP contribution in [-0.4, -0.2) is 37.6 Å². The second kappa shape index (κ2) is 3.55. The Labute approximate surface area is 69.0 Å². The highest BCUT2D eigenvalue weighted by molar-refractivity contribution is 4.76. The van der Waals surface area contributed by atoms with Gasteiger partial charge in [-0.15, -0.1) is 0 Å². The van der Waals surface area contributed by atoms with E-state index < -0.39 is 0 Å². The summed E-state index contributed by atoms with van der Waals surface area (Å²) in [6.07, 6.45) is 4.18. The van der Waals surface area contributed by atoms with Gasteiger partial charge in [-0.25, -0.2) is 5.32 Å². The zero-order valence-electron chi connectivity index (χ0n) is 7.13. The van der Waals surface area contributed by atoms with Crippen molar-refractivity contribution in [1.29, 1.82) is 0 Å². The van der Waals surface area contributed by atoms with Gasteiger partial charge in [0.25, 0.3) is 0 Å². The van der Waals surface area contributed by atoms with Gasteiger partial charge in [0.2, 0.25) is 0 Å². The van der Waals surface area contributed by atoms with Gasteiger partial charge < -0.3 is 4.90 Å². The molecular formula is C9H17N2. The molecule has 2 saturated heterocycles. The molecule has 0 spiro atoms. The smallest absolute Gasteiger partial charge is 0.0174 e. The summed E-state index contributed by atoms with van der Waals surface area (Å²) in [6.45, 7) is 6.27. The van der Waals surface area contributed by atoms with Crippen molar-refractivity contribution in [2.75, 3.05) is 32.7 Å². The van der Waals surface area contributed by atoms with E-state index >= 15 is 0 Å². The van der Waals surface area contributed by atoms with Gasteiger partial charge in [-0.05, 0) is 38.3 Å². The topological polar surface area (TPSA) is 17.3 Å². The normalized spacial score (nSPS) is 33.3. The van der Waals surface area contributed by atoms with Crippen LogP contribution in [0, 0.1) is 5.92 Å². The monoisotopic (exact) mass is 153 g/mol. The molecule has 0 aromatic heterocycles. The molecule has 0 saturated carbocycles. The third kappa shape index (κ3) is 1.94. The number of nitrogens with zero attached hydrogens (tertiary/aromatic N) is 2. The molecule has 1 radical (unpaired) electrons. The molecule has 1 atom stereocenters. The highest BCUT2D eigenvalue weighted by atomic mass is 15.1. The predicted molar refractivity (Wildman–Crippen MR) is 45.6 cm³/mol. The molecule has 2 rings (SSSR count). The van der Waals surface area contributed by atoms with Gasteiger partial charge in [-0.2, -0.15) is 0 Å². The number of likely N-dealkylation sites (tertiary alicyclic amines) is 1. The van der Waals surface area contributed by atoms with Crippen LogP contribution in [0.25, 0.3) is 0 Å². The zero-order chi connectivity index (χ0) is 7.52. The Hall–Kier alpha value is -0.0800. The molecule has 0 amide bonds. The molecule has 2 heterocycles. The molecule has 2 aliphatic heterocycles. The molecular weight excluding hydrogens is 136 g/mol. The third-order valence-electron chi connectivity index (χ3n) is 2.80. The summed E-state index contributed by atoms with van der Waals surface area (Å²) in [7, 11) is 0. The maximum Gasteiger partial charge on any atom is 0.0174 e. The Kier molecular flexibility index (Phi) is 2.44. The van der Waals surface area contributed by atoms with E-state index in [9.17, 15) is 0 Å². The van der Waals surface area contributed by atoms with Crippen molar-refractivity contribution in [2.45, 2.75) is 19.3 Å². The molecule has 0 bridgehead atoms. The Morgan fingerprint density at radius 3 is 2.73 bits per heavy atom. The van der Waals surface area contributed by atoms with Crippen molar-refractivity contribution in [2.24, 2.45) is 5.92 Å². The minimum absolute atomic E-state index is 0.896. The number of rotatable bonds is 2. The first kappa shape index (κ1) is 7.56. The van der Waals surface area contributed by atoms with E-state index in [4.69, 9.17) is 0 Å².